The Balaban J connectivity index is 1.26. The van der Waals surface area contributed by atoms with E-state index in [1.165, 1.54) is 6.33 Å². The molecular weight excluding hydrogens is 372 g/mol. The number of hydrogen-bond donors (Lipinski definition) is 1. The molecule has 1 aromatic carbocycles. The Hall–Kier alpha value is -3.36. The van der Waals surface area contributed by atoms with E-state index in [0.29, 0.717) is 18.9 Å². The molecular formula is C20H22N6O3. The number of benzene rings is 1. The van der Waals surface area contributed by atoms with E-state index in [1.54, 1.807) is 4.52 Å². The molecule has 1 amide bonds. The molecule has 4 heterocycles. The van der Waals surface area contributed by atoms with Crippen molar-refractivity contribution >= 4 is 17.5 Å². The minimum absolute atomic E-state index is 0.0629. The number of rotatable bonds is 4. The fraction of sp³-hybridized carbons (Fsp3) is 0.400. The second-order valence-electron chi connectivity index (χ2n) is 7.42. The number of carbonyl (C=O) groups is 1. The van der Waals surface area contributed by atoms with Crippen LogP contribution < -0.4 is 19.7 Å². The Morgan fingerprint density at radius 3 is 3.10 bits per heavy atom. The van der Waals surface area contributed by atoms with Crippen molar-refractivity contribution in [3.63, 3.8) is 0 Å². The van der Waals surface area contributed by atoms with Gasteiger partial charge in [-0.15, -0.1) is 0 Å². The van der Waals surface area contributed by atoms with Gasteiger partial charge in [-0.2, -0.15) is 14.6 Å². The average Bonchev–Trinajstić information content (AvgIpc) is 3.40. The van der Waals surface area contributed by atoms with Crippen molar-refractivity contribution in [3.8, 4) is 11.5 Å². The van der Waals surface area contributed by atoms with Gasteiger partial charge in [-0.05, 0) is 37.5 Å². The number of piperidine rings is 1. The summed E-state index contributed by atoms with van der Waals surface area (Å²) in [5, 5.41) is 7.35. The van der Waals surface area contributed by atoms with E-state index in [0.717, 1.165) is 48.0 Å². The topological polar surface area (TPSA) is 93.9 Å². The Bertz CT molecular complexity index is 1070. The molecule has 3 aromatic rings. The van der Waals surface area contributed by atoms with E-state index in [4.69, 9.17) is 9.47 Å². The fourth-order valence-electron chi connectivity index (χ4n) is 3.92. The lowest BCUT2D eigenvalue weighted by Gasteiger charge is -2.33. The zero-order valence-electron chi connectivity index (χ0n) is 16.2. The number of anilines is 1. The van der Waals surface area contributed by atoms with E-state index in [1.807, 2.05) is 31.2 Å². The molecule has 2 aliphatic rings. The lowest BCUT2D eigenvalue weighted by Crippen LogP contribution is -2.43. The summed E-state index contributed by atoms with van der Waals surface area (Å²) in [4.78, 5) is 23.6. The summed E-state index contributed by atoms with van der Waals surface area (Å²) in [7, 11) is 0. The summed E-state index contributed by atoms with van der Waals surface area (Å²) in [6.45, 7) is 4.18. The highest BCUT2D eigenvalue weighted by Crippen LogP contribution is 2.32. The van der Waals surface area contributed by atoms with Gasteiger partial charge in [-0.3, -0.25) is 4.79 Å². The van der Waals surface area contributed by atoms with Gasteiger partial charge in [0.2, 0.25) is 12.7 Å². The quantitative estimate of drug-likeness (QED) is 0.720. The van der Waals surface area contributed by atoms with Crippen LogP contribution in [-0.2, 0) is 11.3 Å². The fourth-order valence-corrected chi connectivity index (χ4v) is 3.92. The summed E-state index contributed by atoms with van der Waals surface area (Å²) in [6.07, 6.45) is 3.32. The molecule has 5 rings (SSSR count). The molecule has 2 aromatic heterocycles. The van der Waals surface area contributed by atoms with Crippen LogP contribution in [0.3, 0.4) is 0 Å². The number of aryl methyl sites for hydroxylation is 1. The standard InChI is InChI=1S/C20H22N6O3/c1-13-7-18(26-20(24-13)22-11-23-26)25-6-2-3-15(10-25)19(27)21-9-14-4-5-16-17(8-14)29-12-28-16/h4-5,7-8,11,15H,2-3,6,9-10,12H2,1H3,(H,21,27). The summed E-state index contributed by atoms with van der Waals surface area (Å²) in [5.41, 5.74) is 1.87. The minimum atomic E-state index is -0.0789. The highest BCUT2D eigenvalue weighted by molar-refractivity contribution is 5.79. The van der Waals surface area contributed by atoms with E-state index in [-0.39, 0.29) is 18.6 Å². The first-order chi connectivity index (χ1) is 14.2. The van der Waals surface area contributed by atoms with Crippen LogP contribution in [0.5, 0.6) is 11.5 Å². The lowest BCUT2D eigenvalue weighted by molar-refractivity contribution is -0.125. The molecule has 9 nitrogen and oxygen atoms in total. The van der Waals surface area contributed by atoms with E-state index in [9.17, 15) is 4.79 Å². The predicted molar refractivity (Wildman–Crippen MR) is 105 cm³/mol. The van der Waals surface area contributed by atoms with Crippen molar-refractivity contribution in [2.24, 2.45) is 5.92 Å². The summed E-state index contributed by atoms with van der Waals surface area (Å²) in [5.74, 6) is 2.96. The van der Waals surface area contributed by atoms with Gasteiger partial charge in [0.15, 0.2) is 11.5 Å². The van der Waals surface area contributed by atoms with Gasteiger partial charge in [0.25, 0.3) is 5.78 Å². The maximum atomic E-state index is 12.8. The Labute approximate surface area is 167 Å². The molecule has 1 fully saturated rings. The maximum absolute atomic E-state index is 12.8. The monoisotopic (exact) mass is 394 g/mol. The second kappa shape index (κ2) is 7.23. The number of nitrogens with zero attached hydrogens (tertiary/aromatic N) is 5. The third-order valence-electron chi connectivity index (χ3n) is 5.38. The number of fused-ring (bicyclic) bond motifs is 2. The Morgan fingerprint density at radius 2 is 2.17 bits per heavy atom. The van der Waals surface area contributed by atoms with Crippen LogP contribution in [0.2, 0.25) is 0 Å². The third kappa shape index (κ3) is 3.43. The Morgan fingerprint density at radius 1 is 1.28 bits per heavy atom. The van der Waals surface area contributed by atoms with E-state index >= 15 is 0 Å². The van der Waals surface area contributed by atoms with Crippen molar-refractivity contribution in [1.82, 2.24) is 24.9 Å². The van der Waals surface area contributed by atoms with Crippen LogP contribution in [0.4, 0.5) is 5.82 Å². The normalized spacial score (nSPS) is 18.2. The number of ether oxygens (including phenoxy) is 2. The van der Waals surface area contributed by atoms with Crippen LogP contribution >= 0.6 is 0 Å². The zero-order valence-corrected chi connectivity index (χ0v) is 16.2. The number of amides is 1. The molecule has 2 aliphatic heterocycles. The van der Waals surface area contributed by atoms with Crippen LogP contribution in [0.25, 0.3) is 5.78 Å². The first-order valence-corrected chi connectivity index (χ1v) is 9.76. The van der Waals surface area contributed by atoms with Crippen molar-refractivity contribution in [1.29, 1.82) is 0 Å². The molecule has 1 N–H and O–H groups in total. The summed E-state index contributed by atoms with van der Waals surface area (Å²) in [6, 6.07) is 7.73. The predicted octanol–water partition coefficient (Wildman–Crippen LogP) is 1.69. The van der Waals surface area contributed by atoms with E-state index < -0.39 is 0 Å². The SMILES string of the molecule is Cc1cc(N2CCCC(C(=O)NCc3ccc4c(c3)OCO4)C2)n2ncnc2n1. The first kappa shape index (κ1) is 17.7. The molecule has 150 valence electrons. The number of nitrogens with one attached hydrogen (secondary N) is 1. The molecule has 29 heavy (non-hydrogen) atoms. The molecule has 1 atom stereocenters. The molecule has 9 heteroatoms. The molecule has 0 aliphatic carbocycles. The third-order valence-corrected chi connectivity index (χ3v) is 5.38. The van der Waals surface area contributed by atoms with Crippen molar-refractivity contribution in [3.05, 3.63) is 41.9 Å². The van der Waals surface area contributed by atoms with Gasteiger partial charge >= 0.3 is 0 Å². The smallest absolute Gasteiger partial charge is 0.254 e. The van der Waals surface area contributed by atoms with Crippen molar-refractivity contribution in [2.75, 3.05) is 24.8 Å². The van der Waals surface area contributed by atoms with Gasteiger partial charge < -0.3 is 19.7 Å². The van der Waals surface area contributed by atoms with Gasteiger partial charge in [-0.25, -0.2) is 4.98 Å². The molecule has 0 spiro atoms. The van der Waals surface area contributed by atoms with Crippen LogP contribution in [0, 0.1) is 12.8 Å². The summed E-state index contributed by atoms with van der Waals surface area (Å²) >= 11 is 0. The van der Waals surface area contributed by atoms with Crippen LogP contribution in [0.15, 0.2) is 30.6 Å². The molecule has 1 saturated heterocycles. The maximum Gasteiger partial charge on any atom is 0.254 e. The average molecular weight is 394 g/mol. The number of carbonyl (C=O) groups excluding carboxylic acids is 1. The Kier molecular flexibility index (Phi) is 4.42. The van der Waals surface area contributed by atoms with Gasteiger partial charge in [0.05, 0.1) is 5.92 Å². The highest BCUT2D eigenvalue weighted by Gasteiger charge is 2.27. The molecule has 0 bridgehead atoms. The second-order valence-corrected chi connectivity index (χ2v) is 7.42. The largest absolute Gasteiger partial charge is 0.454 e. The van der Waals surface area contributed by atoms with Gasteiger partial charge in [0, 0.05) is 31.4 Å². The van der Waals surface area contributed by atoms with Gasteiger partial charge in [-0.1, -0.05) is 6.07 Å². The number of hydrogen-bond acceptors (Lipinski definition) is 7. The van der Waals surface area contributed by atoms with Crippen LogP contribution in [-0.4, -0.2) is 45.4 Å². The van der Waals surface area contributed by atoms with Crippen molar-refractivity contribution in [2.45, 2.75) is 26.3 Å². The lowest BCUT2D eigenvalue weighted by atomic mass is 9.97. The first-order valence-electron chi connectivity index (χ1n) is 9.76. The van der Waals surface area contributed by atoms with Crippen molar-refractivity contribution < 1.29 is 14.3 Å². The van der Waals surface area contributed by atoms with Crippen LogP contribution in [0.1, 0.15) is 24.1 Å². The van der Waals surface area contributed by atoms with E-state index in [2.05, 4.69) is 25.3 Å². The molecule has 1 unspecified atom stereocenters. The highest BCUT2D eigenvalue weighted by atomic mass is 16.7. The van der Waals surface area contributed by atoms with Gasteiger partial charge in [0.1, 0.15) is 12.1 Å². The summed E-state index contributed by atoms with van der Waals surface area (Å²) < 4.78 is 12.5. The minimum Gasteiger partial charge on any atom is -0.454 e. The number of aromatic nitrogens is 4. The zero-order chi connectivity index (χ0) is 19.8. The molecule has 0 saturated carbocycles. The molecule has 0 radical (unpaired) electrons.